The Balaban J connectivity index is 1.41. The minimum absolute atomic E-state index is 0.0000151. The SMILES string of the molecule is O=C(Nc1cc(F)cc(C(=O)c2ccc3ncc(N4CCCC4)nc3c2)c1)c1ccc(F)c(F)c1. The van der Waals surface area contributed by atoms with Crippen LogP contribution in [0.1, 0.15) is 39.1 Å². The number of ketones is 1. The van der Waals surface area contributed by atoms with Gasteiger partial charge in [-0.15, -0.1) is 0 Å². The normalized spacial score (nSPS) is 13.3. The molecule has 0 atom stereocenters. The summed E-state index contributed by atoms with van der Waals surface area (Å²) in [5.41, 5.74) is 1.32. The molecule has 0 unspecified atom stereocenters. The first kappa shape index (κ1) is 22.5. The summed E-state index contributed by atoms with van der Waals surface area (Å²) in [4.78, 5) is 36.7. The molecule has 1 aromatic heterocycles. The number of fused-ring (bicyclic) bond motifs is 1. The molecular weight excluding hydrogens is 457 g/mol. The molecule has 0 aliphatic carbocycles. The highest BCUT2D eigenvalue weighted by atomic mass is 19.2. The third kappa shape index (κ3) is 4.70. The van der Waals surface area contributed by atoms with Crippen LogP contribution in [0.15, 0.2) is 60.8 Å². The van der Waals surface area contributed by atoms with Crippen LogP contribution in [-0.2, 0) is 0 Å². The molecule has 0 spiro atoms. The number of nitrogens with one attached hydrogen (secondary N) is 1. The van der Waals surface area contributed by atoms with Crippen molar-refractivity contribution in [3.63, 3.8) is 0 Å². The first-order valence-corrected chi connectivity index (χ1v) is 11.0. The Morgan fingerprint density at radius 3 is 2.34 bits per heavy atom. The number of benzene rings is 3. The zero-order valence-electron chi connectivity index (χ0n) is 18.4. The lowest BCUT2D eigenvalue weighted by Crippen LogP contribution is -2.19. The maximum atomic E-state index is 14.3. The minimum atomic E-state index is -1.18. The second-order valence-electron chi connectivity index (χ2n) is 8.27. The summed E-state index contributed by atoms with van der Waals surface area (Å²) < 4.78 is 40.9. The van der Waals surface area contributed by atoms with Gasteiger partial charge in [-0.1, -0.05) is 0 Å². The van der Waals surface area contributed by atoms with Crippen molar-refractivity contribution in [2.45, 2.75) is 12.8 Å². The van der Waals surface area contributed by atoms with Crippen LogP contribution >= 0.6 is 0 Å². The van der Waals surface area contributed by atoms with E-state index in [1.165, 1.54) is 6.07 Å². The topological polar surface area (TPSA) is 75.2 Å². The molecule has 35 heavy (non-hydrogen) atoms. The number of nitrogens with zero attached hydrogens (tertiary/aromatic N) is 3. The van der Waals surface area contributed by atoms with Gasteiger partial charge in [-0.25, -0.2) is 18.2 Å². The van der Waals surface area contributed by atoms with Crippen molar-refractivity contribution in [3.05, 3.63) is 94.9 Å². The highest BCUT2D eigenvalue weighted by molar-refractivity contribution is 6.11. The van der Waals surface area contributed by atoms with Gasteiger partial charge in [0.1, 0.15) is 11.6 Å². The predicted octanol–water partition coefficient (Wildman–Crippen LogP) is 5.13. The van der Waals surface area contributed by atoms with Crippen LogP contribution in [0.4, 0.5) is 24.7 Å². The fourth-order valence-electron chi connectivity index (χ4n) is 4.04. The lowest BCUT2D eigenvalue weighted by molar-refractivity contribution is 0.102. The number of hydrogen-bond acceptors (Lipinski definition) is 5. The molecule has 1 N–H and O–H groups in total. The van der Waals surface area contributed by atoms with Crippen LogP contribution in [-0.4, -0.2) is 34.7 Å². The Morgan fingerprint density at radius 1 is 0.800 bits per heavy atom. The summed E-state index contributed by atoms with van der Waals surface area (Å²) in [6.45, 7) is 1.81. The molecule has 4 aromatic rings. The Hall–Kier alpha value is -4.27. The molecule has 1 fully saturated rings. The summed E-state index contributed by atoms with van der Waals surface area (Å²) in [6, 6.07) is 10.9. The first-order chi connectivity index (χ1) is 16.9. The van der Waals surface area contributed by atoms with Gasteiger partial charge in [-0.3, -0.25) is 14.6 Å². The van der Waals surface area contributed by atoms with Crippen LogP contribution in [0.5, 0.6) is 0 Å². The van der Waals surface area contributed by atoms with Crippen molar-refractivity contribution in [1.82, 2.24) is 9.97 Å². The van der Waals surface area contributed by atoms with Crippen LogP contribution in [0.2, 0.25) is 0 Å². The van der Waals surface area contributed by atoms with Gasteiger partial charge in [0.15, 0.2) is 17.4 Å². The van der Waals surface area contributed by atoms with Gasteiger partial charge in [0.2, 0.25) is 0 Å². The third-order valence-corrected chi connectivity index (χ3v) is 5.82. The molecule has 2 heterocycles. The largest absolute Gasteiger partial charge is 0.355 e. The number of amides is 1. The molecule has 5 rings (SSSR count). The van der Waals surface area contributed by atoms with Gasteiger partial charge in [0.05, 0.1) is 17.2 Å². The molecule has 176 valence electrons. The van der Waals surface area contributed by atoms with Gasteiger partial charge in [-0.2, -0.15) is 0 Å². The van der Waals surface area contributed by atoms with Gasteiger partial charge in [-0.05, 0) is 67.4 Å². The van der Waals surface area contributed by atoms with E-state index >= 15 is 0 Å². The van der Waals surface area contributed by atoms with Crippen molar-refractivity contribution in [2.24, 2.45) is 0 Å². The summed E-state index contributed by atoms with van der Waals surface area (Å²) >= 11 is 0. The Kier molecular flexibility index (Phi) is 5.90. The smallest absolute Gasteiger partial charge is 0.255 e. The molecule has 3 aromatic carbocycles. The van der Waals surface area contributed by atoms with Crippen molar-refractivity contribution in [2.75, 3.05) is 23.3 Å². The molecule has 1 aliphatic rings. The molecule has 6 nitrogen and oxygen atoms in total. The van der Waals surface area contributed by atoms with E-state index in [9.17, 15) is 22.8 Å². The van der Waals surface area contributed by atoms with E-state index in [4.69, 9.17) is 0 Å². The molecular formula is C26H19F3N4O2. The fraction of sp³-hybridized carbons (Fsp3) is 0.154. The summed E-state index contributed by atoms with van der Waals surface area (Å²) in [6.07, 6.45) is 3.89. The van der Waals surface area contributed by atoms with Crippen molar-refractivity contribution >= 4 is 34.2 Å². The number of anilines is 2. The molecule has 9 heteroatoms. The standard InChI is InChI=1S/C26H19F3N4O2/c27-18-9-17(10-19(13-18)31-26(35)16-3-5-20(28)21(29)11-16)25(34)15-4-6-22-23(12-15)32-24(14-30-22)33-7-1-2-8-33/h3-6,9-14H,1-2,7-8H2,(H,31,35). The van der Waals surface area contributed by atoms with E-state index in [1.807, 2.05) is 0 Å². The van der Waals surface area contributed by atoms with Crippen molar-refractivity contribution in [3.8, 4) is 0 Å². The van der Waals surface area contributed by atoms with Gasteiger partial charge in [0, 0.05) is 35.5 Å². The quantitative estimate of drug-likeness (QED) is 0.404. The van der Waals surface area contributed by atoms with Crippen LogP contribution in [0.3, 0.4) is 0 Å². The lowest BCUT2D eigenvalue weighted by atomic mass is 10.0. The average molecular weight is 476 g/mol. The number of hydrogen-bond donors (Lipinski definition) is 1. The molecule has 1 amide bonds. The van der Waals surface area contributed by atoms with Gasteiger partial charge in [0.25, 0.3) is 5.91 Å². The van der Waals surface area contributed by atoms with Crippen LogP contribution in [0, 0.1) is 17.5 Å². The summed E-state index contributed by atoms with van der Waals surface area (Å²) in [5.74, 6) is -3.51. The summed E-state index contributed by atoms with van der Waals surface area (Å²) in [7, 11) is 0. The van der Waals surface area contributed by atoms with Gasteiger partial charge < -0.3 is 10.2 Å². The monoisotopic (exact) mass is 476 g/mol. The van der Waals surface area contributed by atoms with Crippen molar-refractivity contribution in [1.29, 1.82) is 0 Å². The van der Waals surface area contributed by atoms with E-state index in [2.05, 4.69) is 20.2 Å². The number of carbonyl (C=O) groups is 2. The zero-order chi connectivity index (χ0) is 24.5. The molecule has 1 aliphatic heterocycles. The Labute approximate surface area is 198 Å². The summed E-state index contributed by atoms with van der Waals surface area (Å²) in [5, 5.41) is 2.41. The number of aromatic nitrogens is 2. The van der Waals surface area contributed by atoms with Gasteiger partial charge >= 0.3 is 0 Å². The first-order valence-electron chi connectivity index (χ1n) is 11.0. The van der Waals surface area contributed by atoms with E-state index in [1.54, 1.807) is 24.4 Å². The lowest BCUT2D eigenvalue weighted by Gasteiger charge is -2.16. The highest BCUT2D eigenvalue weighted by Crippen LogP contribution is 2.23. The van der Waals surface area contributed by atoms with E-state index < -0.39 is 29.1 Å². The fourth-order valence-corrected chi connectivity index (χ4v) is 4.04. The second kappa shape index (κ2) is 9.17. The van der Waals surface area contributed by atoms with Crippen LogP contribution < -0.4 is 10.2 Å². The average Bonchev–Trinajstić information content (AvgIpc) is 3.39. The predicted molar refractivity (Wildman–Crippen MR) is 125 cm³/mol. The molecule has 0 bridgehead atoms. The van der Waals surface area contributed by atoms with Crippen molar-refractivity contribution < 1.29 is 22.8 Å². The Bertz CT molecular complexity index is 1470. The molecule has 1 saturated heterocycles. The number of carbonyl (C=O) groups excluding carboxylic acids is 2. The molecule has 0 saturated carbocycles. The minimum Gasteiger partial charge on any atom is -0.355 e. The number of rotatable bonds is 5. The number of halogens is 3. The highest BCUT2D eigenvalue weighted by Gasteiger charge is 2.17. The maximum absolute atomic E-state index is 14.3. The van der Waals surface area contributed by atoms with E-state index in [0.717, 1.165) is 62.1 Å². The van der Waals surface area contributed by atoms with E-state index in [-0.39, 0.29) is 22.4 Å². The third-order valence-electron chi connectivity index (χ3n) is 5.82. The van der Waals surface area contributed by atoms with Crippen LogP contribution in [0.25, 0.3) is 11.0 Å². The molecule has 0 radical (unpaired) electrons. The van der Waals surface area contributed by atoms with E-state index in [0.29, 0.717) is 11.0 Å². The second-order valence-corrected chi connectivity index (χ2v) is 8.27. The zero-order valence-corrected chi connectivity index (χ0v) is 18.4. The maximum Gasteiger partial charge on any atom is 0.255 e. The Morgan fingerprint density at radius 2 is 1.57 bits per heavy atom.